The molecule has 10 heteroatoms. The number of carbonyl (C=O) groups excluding carboxylic acids is 3. The molecule has 0 aromatic heterocycles. The van der Waals surface area contributed by atoms with Crippen LogP contribution < -0.4 is 0 Å². The van der Waals surface area contributed by atoms with E-state index >= 15 is 0 Å². The van der Waals surface area contributed by atoms with Crippen molar-refractivity contribution in [3.8, 4) is 0 Å². The second kappa shape index (κ2) is 12.8. The Kier molecular flexibility index (Phi) is 9.19. The Morgan fingerprint density at radius 2 is 1.61 bits per heavy atom. The lowest BCUT2D eigenvalue weighted by molar-refractivity contribution is -0.143. The van der Waals surface area contributed by atoms with E-state index in [0.717, 1.165) is 5.56 Å². The summed E-state index contributed by atoms with van der Waals surface area (Å²) < 4.78 is 5.66. The van der Waals surface area contributed by atoms with E-state index in [1.54, 1.807) is 82.4 Å². The molecule has 5 rings (SSSR count). The number of halogens is 3. The summed E-state index contributed by atoms with van der Waals surface area (Å²) >= 11 is 18.6. The van der Waals surface area contributed by atoms with Gasteiger partial charge in [0.1, 0.15) is 6.04 Å². The van der Waals surface area contributed by atoms with Gasteiger partial charge < -0.3 is 19.4 Å². The summed E-state index contributed by atoms with van der Waals surface area (Å²) in [6, 6.07) is 20.2. The largest absolute Gasteiger partial charge is 0.377 e. The molecule has 2 aliphatic heterocycles. The number of nitrogens with zero attached hydrogens (tertiary/aromatic N) is 3. The molecular weight excluding hydrogens is 585 g/mol. The number of morpholine rings is 1. The normalized spacial score (nSPS) is 20.9. The molecule has 0 bridgehead atoms. The molecule has 3 atom stereocenters. The van der Waals surface area contributed by atoms with Crippen molar-refractivity contribution in [1.29, 1.82) is 0 Å². The number of likely N-dealkylation sites (tertiary alicyclic amines) is 1. The summed E-state index contributed by atoms with van der Waals surface area (Å²) in [7, 11) is 1.78. The molecule has 3 aromatic carbocycles. The van der Waals surface area contributed by atoms with Crippen LogP contribution in [0.4, 0.5) is 0 Å². The first kappa shape index (κ1) is 29.4. The lowest BCUT2D eigenvalue weighted by atomic mass is 9.84. The quantitative estimate of drug-likeness (QED) is 0.373. The molecule has 0 radical (unpaired) electrons. The molecule has 0 saturated carbocycles. The first-order valence-corrected chi connectivity index (χ1v) is 14.6. The summed E-state index contributed by atoms with van der Waals surface area (Å²) in [4.78, 5) is 45.9. The van der Waals surface area contributed by atoms with E-state index in [1.807, 2.05) is 12.1 Å². The van der Waals surface area contributed by atoms with Crippen LogP contribution in [-0.4, -0.2) is 84.4 Å². The lowest BCUT2D eigenvalue weighted by Crippen LogP contribution is -2.59. The van der Waals surface area contributed by atoms with E-state index in [-0.39, 0.29) is 36.3 Å². The molecule has 3 amide bonds. The Morgan fingerprint density at radius 3 is 2.32 bits per heavy atom. The van der Waals surface area contributed by atoms with Gasteiger partial charge in [0, 0.05) is 54.8 Å². The SMILES string of the molecule is CN(C(=O)c1ccc(Cl)cc1)[C@@H]1CCN(C(=O)C2COCCN2C(=O)c2ccccc2)C[C@H]1c1ccc(Cl)c(Cl)c1. The number of likely N-dealkylation sites (N-methyl/N-ethyl adjacent to an activating group) is 1. The maximum absolute atomic E-state index is 14.0. The number of carbonyl (C=O) groups is 3. The highest BCUT2D eigenvalue weighted by Crippen LogP contribution is 2.35. The van der Waals surface area contributed by atoms with Crippen molar-refractivity contribution in [3.63, 3.8) is 0 Å². The van der Waals surface area contributed by atoms with Crippen LogP contribution >= 0.6 is 34.8 Å². The fraction of sp³-hybridized carbons (Fsp3) is 0.323. The zero-order valence-corrected chi connectivity index (χ0v) is 24.8. The van der Waals surface area contributed by atoms with E-state index in [1.165, 1.54) is 0 Å². The maximum atomic E-state index is 14.0. The fourth-order valence-electron chi connectivity index (χ4n) is 5.63. The Bertz CT molecular complexity index is 1420. The minimum Gasteiger partial charge on any atom is -0.377 e. The third kappa shape index (κ3) is 6.38. The molecule has 214 valence electrons. The highest BCUT2D eigenvalue weighted by Gasteiger charge is 2.41. The molecule has 1 unspecified atom stereocenters. The Balaban J connectivity index is 1.41. The number of amides is 3. The van der Waals surface area contributed by atoms with Crippen LogP contribution in [0.25, 0.3) is 0 Å². The van der Waals surface area contributed by atoms with Crippen molar-refractivity contribution in [1.82, 2.24) is 14.7 Å². The van der Waals surface area contributed by atoms with Crippen LogP contribution in [0.1, 0.15) is 38.6 Å². The highest BCUT2D eigenvalue weighted by molar-refractivity contribution is 6.42. The van der Waals surface area contributed by atoms with Crippen LogP contribution in [0.5, 0.6) is 0 Å². The monoisotopic (exact) mass is 613 g/mol. The minimum absolute atomic E-state index is 0.129. The predicted octanol–water partition coefficient (Wildman–Crippen LogP) is 5.64. The van der Waals surface area contributed by atoms with Crippen molar-refractivity contribution in [2.75, 3.05) is 39.9 Å². The van der Waals surface area contributed by atoms with E-state index < -0.39 is 6.04 Å². The number of benzene rings is 3. The minimum atomic E-state index is -0.740. The third-order valence-electron chi connectivity index (χ3n) is 7.86. The van der Waals surface area contributed by atoms with Gasteiger partial charge in [-0.1, -0.05) is 59.1 Å². The average molecular weight is 615 g/mol. The first-order chi connectivity index (χ1) is 19.7. The van der Waals surface area contributed by atoms with Crippen molar-refractivity contribution >= 4 is 52.5 Å². The van der Waals surface area contributed by atoms with Crippen molar-refractivity contribution in [2.45, 2.75) is 24.4 Å². The zero-order chi connectivity index (χ0) is 29.1. The van der Waals surface area contributed by atoms with Gasteiger partial charge in [-0.15, -0.1) is 0 Å². The average Bonchev–Trinajstić information content (AvgIpc) is 3.01. The first-order valence-electron chi connectivity index (χ1n) is 13.4. The second-order valence-corrected chi connectivity index (χ2v) is 11.5. The molecular formula is C31H30Cl3N3O4. The number of hydrogen-bond donors (Lipinski definition) is 0. The summed E-state index contributed by atoms with van der Waals surface area (Å²) in [5.41, 5.74) is 1.93. The molecule has 0 N–H and O–H groups in total. The van der Waals surface area contributed by atoms with Crippen LogP contribution in [-0.2, 0) is 9.53 Å². The lowest BCUT2D eigenvalue weighted by Gasteiger charge is -2.45. The van der Waals surface area contributed by atoms with Crippen LogP contribution in [0.15, 0.2) is 72.8 Å². The molecule has 2 heterocycles. The fourth-order valence-corrected chi connectivity index (χ4v) is 6.06. The van der Waals surface area contributed by atoms with Gasteiger partial charge in [-0.25, -0.2) is 0 Å². The maximum Gasteiger partial charge on any atom is 0.254 e. The number of rotatable bonds is 5. The summed E-state index contributed by atoms with van der Waals surface area (Å²) in [5, 5.41) is 1.38. The molecule has 41 heavy (non-hydrogen) atoms. The molecule has 2 fully saturated rings. The molecule has 2 aliphatic rings. The van der Waals surface area contributed by atoms with Gasteiger partial charge in [-0.2, -0.15) is 0 Å². The summed E-state index contributed by atoms with van der Waals surface area (Å²) in [6.45, 7) is 1.58. The molecule has 0 aliphatic carbocycles. The Morgan fingerprint density at radius 1 is 0.878 bits per heavy atom. The number of ether oxygens (including phenoxy) is 1. The standard InChI is InChI=1S/C31H30Cl3N3O4/c1-35(29(38)21-7-10-23(32)11-8-21)27-13-14-36(18-24(27)22-9-12-25(33)26(34)17-22)31(40)28-19-41-16-15-37(28)30(39)20-5-3-2-4-6-20/h2-12,17,24,27-28H,13-16,18-19H2,1H3/t24-,27+,28?/m0/s1. The van der Waals surface area contributed by atoms with Crippen LogP contribution in [0, 0.1) is 0 Å². The number of hydrogen-bond acceptors (Lipinski definition) is 4. The van der Waals surface area contributed by atoms with Gasteiger partial charge in [-0.3, -0.25) is 14.4 Å². The Hall–Kier alpha value is -3.10. The van der Waals surface area contributed by atoms with E-state index in [2.05, 4.69) is 0 Å². The van der Waals surface area contributed by atoms with Crippen molar-refractivity contribution in [3.05, 3.63) is 105 Å². The summed E-state index contributed by atoms with van der Waals surface area (Å²) in [6.07, 6.45) is 0.534. The van der Waals surface area contributed by atoms with E-state index in [9.17, 15) is 14.4 Å². The predicted molar refractivity (Wildman–Crippen MR) is 160 cm³/mol. The van der Waals surface area contributed by atoms with Crippen molar-refractivity contribution < 1.29 is 19.1 Å². The van der Waals surface area contributed by atoms with E-state index in [0.29, 0.717) is 58.9 Å². The van der Waals surface area contributed by atoms with Crippen LogP contribution in [0.3, 0.4) is 0 Å². The van der Waals surface area contributed by atoms with Gasteiger partial charge >= 0.3 is 0 Å². The highest BCUT2D eigenvalue weighted by atomic mass is 35.5. The van der Waals surface area contributed by atoms with Gasteiger partial charge in [0.15, 0.2) is 0 Å². The Labute approximate surface area is 254 Å². The molecule has 0 spiro atoms. The smallest absolute Gasteiger partial charge is 0.254 e. The van der Waals surface area contributed by atoms with Gasteiger partial charge in [-0.05, 0) is 60.5 Å². The zero-order valence-electron chi connectivity index (χ0n) is 22.5. The molecule has 3 aromatic rings. The van der Waals surface area contributed by atoms with Crippen LogP contribution in [0.2, 0.25) is 15.1 Å². The van der Waals surface area contributed by atoms with Gasteiger partial charge in [0.05, 0.1) is 23.3 Å². The second-order valence-electron chi connectivity index (χ2n) is 10.3. The topological polar surface area (TPSA) is 70.2 Å². The van der Waals surface area contributed by atoms with Crippen molar-refractivity contribution in [2.24, 2.45) is 0 Å². The van der Waals surface area contributed by atoms with Gasteiger partial charge in [0.2, 0.25) is 5.91 Å². The van der Waals surface area contributed by atoms with Gasteiger partial charge in [0.25, 0.3) is 11.8 Å². The molecule has 2 saturated heterocycles. The van der Waals surface area contributed by atoms with E-state index in [4.69, 9.17) is 39.5 Å². The summed E-state index contributed by atoms with van der Waals surface area (Å²) in [5.74, 6) is -0.760. The third-order valence-corrected chi connectivity index (χ3v) is 8.85. The number of piperidine rings is 1. The molecule has 7 nitrogen and oxygen atoms in total.